The van der Waals surface area contributed by atoms with Crippen molar-refractivity contribution >= 4 is 21.5 Å². The van der Waals surface area contributed by atoms with Crippen molar-refractivity contribution < 1.29 is 0 Å². The summed E-state index contributed by atoms with van der Waals surface area (Å²) in [5.41, 5.74) is 21.7. The SMILES string of the molecule is CC(C)c1nc(-c2ccc(-c3ccccc3)cc2)nc(-c2ccccc2-c2ccccc2)n1.CC(C)c1nc(-c2ccc3ccccc3c2)nc(-c2ccc3ccccc3c2)n1.CC(C)c1nc(-c2ccccc2)nc(-c2ccc(-c3ccccc3)cc2)n1.CC(C)c1nc(-c2ccccc2)nc(-c2cccc(-c3ccccc3)c2)n1.CC(C)c1nc(-c2ccccc2)nc(-c2ccccc2-c2ccccc2)n1. The molecule has 143 heavy (non-hydrogen) atoms. The van der Waals surface area contributed by atoms with Gasteiger partial charge in [-0.2, -0.15) is 0 Å². The molecular weight excluding hydrogens is 1750 g/mol. The second kappa shape index (κ2) is 45.7. The van der Waals surface area contributed by atoms with Gasteiger partial charge in [0.25, 0.3) is 0 Å². The van der Waals surface area contributed by atoms with Crippen molar-refractivity contribution in [1.82, 2.24) is 74.8 Å². The maximum absolute atomic E-state index is 4.92. The molecule has 0 spiro atoms. The zero-order valence-electron chi connectivity index (χ0n) is 81.8. The molecular formula is C128H109N15. The molecule has 15 heteroatoms. The fourth-order valence-electron chi connectivity index (χ4n) is 16.4. The number of aromatic nitrogens is 15. The summed E-state index contributed by atoms with van der Waals surface area (Å²) in [4.78, 5) is 71.6. The molecule has 5 heterocycles. The van der Waals surface area contributed by atoms with Crippen LogP contribution in [0.25, 0.3) is 191 Å². The van der Waals surface area contributed by atoms with E-state index in [1.807, 2.05) is 133 Å². The summed E-state index contributed by atoms with van der Waals surface area (Å²) in [5, 5.41) is 4.79. The summed E-state index contributed by atoms with van der Waals surface area (Å²) < 4.78 is 0. The van der Waals surface area contributed by atoms with Crippen LogP contribution in [0.1, 0.15) is 128 Å². The highest BCUT2D eigenvalue weighted by molar-refractivity contribution is 5.89. The number of hydrogen-bond donors (Lipinski definition) is 0. The van der Waals surface area contributed by atoms with Crippen molar-refractivity contribution in [1.29, 1.82) is 0 Å². The van der Waals surface area contributed by atoms with Crippen molar-refractivity contribution in [2.75, 3.05) is 0 Å². The van der Waals surface area contributed by atoms with E-state index in [4.69, 9.17) is 64.8 Å². The molecule has 0 saturated carbocycles. The van der Waals surface area contributed by atoms with Crippen LogP contribution in [0.15, 0.2) is 449 Å². The molecule has 17 aromatic carbocycles. The second-order valence-electron chi connectivity index (χ2n) is 36.4. The van der Waals surface area contributed by atoms with Crippen LogP contribution in [0.4, 0.5) is 0 Å². The first kappa shape index (κ1) is 95.6. The molecule has 696 valence electrons. The van der Waals surface area contributed by atoms with Gasteiger partial charge in [0.05, 0.1) is 0 Å². The fraction of sp³-hybridized carbons (Fsp3) is 0.117. The van der Waals surface area contributed by atoms with Gasteiger partial charge in [-0.25, -0.2) is 74.8 Å². The van der Waals surface area contributed by atoms with Gasteiger partial charge in [-0.3, -0.25) is 0 Å². The molecule has 22 aromatic rings. The van der Waals surface area contributed by atoms with Gasteiger partial charge in [-0.1, -0.05) is 500 Å². The van der Waals surface area contributed by atoms with E-state index in [1.54, 1.807) is 0 Å². The Morgan fingerprint density at radius 2 is 0.287 bits per heavy atom. The summed E-state index contributed by atoms with van der Waals surface area (Å²) in [6.45, 7) is 21.1. The first-order chi connectivity index (χ1) is 70.0. The highest BCUT2D eigenvalue weighted by atomic mass is 15.1. The predicted molar refractivity (Wildman–Crippen MR) is 586 cm³/mol. The molecule has 0 saturated heterocycles. The summed E-state index contributed by atoms with van der Waals surface area (Å²) >= 11 is 0. The van der Waals surface area contributed by atoms with Crippen LogP contribution in [0, 0.1) is 0 Å². The average molecular weight is 1860 g/mol. The van der Waals surface area contributed by atoms with E-state index in [9.17, 15) is 0 Å². The van der Waals surface area contributed by atoms with Crippen LogP contribution >= 0.6 is 0 Å². The fourth-order valence-corrected chi connectivity index (χ4v) is 16.4. The first-order valence-electron chi connectivity index (χ1n) is 48.7. The van der Waals surface area contributed by atoms with Crippen LogP contribution in [0.2, 0.25) is 0 Å². The molecule has 0 amide bonds. The van der Waals surface area contributed by atoms with Gasteiger partial charge < -0.3 is 0 Å². The quantitative estimate of drug-likeness (QED) is 0.0699. The Hall–Kier alpha value is -17.7. The number of fused-ring (bicyclic) bond motifs is 2. The Morgan fingerprint density at radius 3 is 0.573 bits per heavy atom. The minimum atomic E-state index is 0.193. The number of nitrogens with zero attached hydrogens (tertiary/aromatic N) is 15. The number of rotatable bonds is 20. The van der Waals surface area contributed by atoms with Crippen LogP contribution in [0.5, 0.6) is 0 Å². The minimum absolute atomic E-state index is 0.193. The molecule has 0 aliphatic rings. The normalized spacial score (nSPS) is 11.0. The van der Waals surface area contributed by atoms with Gasteiger partial charge in [0, 0.05) is 85.2 Å². The van der Waals surface area contributed by atoms with Gasteiger partial charge in [-0.05, 0) is 95.4 Å². The Balaban J connectivity index is 0.000000118. The molecule has 0 N–H and O–H groups in total. The number of benzene rings is 17. The molecule has 0 bridgehead atoms. The topological polar surface area (TPSA) is 193 Å². The van der Waals surface area contributed by atoms with E-state index >= 15 is 0 Å². The van der Waals surface area contributed by atoms with Crippen LogP contribution in [0.3, 0.4) is 0 Å². The molecule has 0 radical (unpaired) electrons. The third-order valence-electron chi connectivity index (χ3n) is 24.2. The van der Waals surface area contributed by atoms with E-state index in [0.29, 0.717) is 34.9 Å². The minimum Gasteiger partial charge on any atom is -0.213 e. The Kier molecular flexibility index (Phi) is 30.6. The molecule has 0 aliphatic heterocycles. The number of hydrogen-bond acceptors (Lipinski definition) is 15. The Bertz CT molecular complexity index is 7900. The van der Waals surface area contributed by atoms with Crippen molar-refractivity contribution in [3.63, 3.8) is 0 Å². The smallest absolute Gasteiger partial charge is 0.164 e. The zero-order chi connectivity index (χ0) is 98.3. The highest BCUT2D eigenvalue weighted by Gasteiger charge is 2.22. The third kappa shape index (κ3) is 24.0. The molecule has 0 atom stereocenters. The van der Waals surface area contributed by atoms with Gasteiger partial charge in [-0.15, -0.1) is 0 Å². The lowest BCUT2D eigenvalue weighted by molar-refractivity contribution is 0.766. The van der Waals surface area contributed by atoms with Gasteiger partial charge in [0.15, 0.2) is 58.2 Å². The van der Waals surface area contributed by atoms with E-state index in [0.717, 1.165) is 136 Å². The van der Waals surface area contributed by atoms with E-state index in [-0.39, 0.29) is 29.6 Å². The van der Waals surface area contributed by atoms with Crippen LogP contribution in [-0.2, 0) is 0 Å². The first-order valence-corrected chi connectivity index (χ1v) is 48.7. The van der Waals surface area contributed by atoms with Crippen LogP contribution < -0.4 is 0 Å². The zero-order valence-corrected chi connectivity index (χ0v) is 81.8. The summed E-state index contributed by atoms with van der Waals surface area (Å²) in [7, 11) is 0. The van der Waals surface area contributed by atoms with Crippen molar-refractivity contribution in [3.8, 4) is 170 Å². The van der Waals surface area contributed by atoms with Crippen molar-refractivity contribution in [2.45, 2.75) is 98.8 Å². The summed E-state index contributed by atoms with van der Waals surface area (Å²) in [5.74, 6) is 12.3. The van der Waals surface area contributed by atoms with E-state index < -0.39 is 0 Å². The maximum Gasteiger partial charge on any atom is 0.164 e. The van der Waals surface area contributed by atoms with Gasteiger partial charge in [0.1, 0.15) is 29.1 Å². The Morgan fingerprint density at radius 1 is 0.112 bits per heavy atom. The van der Waals surface area contributed by atoms with Gasteiger partial charge >= 0.3 is 0 Å². The lowest BCUT2D eigenvalue weighted by Gasteiger charge is -2.13. The van der Waals surface area contributed by atoms with E-state index in [1.165, 1.54) is 49.4 Å². The standard InChI is InChI=1S/C30H25N3.C26H21N3.3C24H21N3/c1-21(2)28-31-29(25-19-17-23(18-20-25)22-11-5-3-6-12-22)33-30(32-28)27-16-10-9-15-26(27)24-13-7-4-8-14-24;1-17(2)24-27-25(22-13-11-18-7-3-5-9-20(18)15-22)29-26(28-24)23-14-12-19-8-4-6-10-21(19)16-23;1-17(2)22-25-23(19-13-7-4-8-14-19)27-24(26-22)21-16-10-9-15-20(21)18-11-5-3-6-12-18;1-17(2)22-25-23(19-12-7-4-8-13-19)27-24(26-22)21-15-9-14-20(16-21)18-10-5-3-6-11-18;1-17(2)22-25-23(20-11-7-4-8-12-20)27-24(26-22)21-15-13-19(14-16-21)18-9-5-3-6-10-18/h3-21H,1-2H3;3-17H,1-2H3;3*3-17H,1-2H3. The second-order valence-corrected chi connectivity index (χ2v) is 36.4. The molecule has 15 nitrogen and oxygen atoms in total. The van der Waals surface area contributed by atoms with Crippen molar-refractivity contribution in [2.24, 2.45) is 0 Å². The maximum atomic E-state index is 4.92. The van der Waals surface area contributed by atoms with Crippen LogP contribution in [-0.4, -0.2) is 74.8 Å². The molecule has 5 aromatic heterocycles. The lowest BCUT2D eigenvalue weighted by Crippen LogP contribution is -2.05. The third-order valence-corrected chi connectivity index (χ3v) is 24.2. The predicted octanol–water partition coefficient (Wildman–Crippen LogP) is 32.3. The van der Waals surface area contributed by atoms with Crippen molar-refractivity contribution in [3.05, 3.63) is 478 Å². The largest absolute Gasteiger partial charge is 0.213 e. The molecule has 22 rings (SSSR count). The monoisotopic (exact) mass is 1860 g/mol. The average Bonchev–Trinajstić information content (AvgIpc) is 0.814. The summed E-state index contributed by atoms with van der Waals surface area (Å²) in [6, 6.07) is 153. The Labute approximate surface area is 837 Å². The molecule has 0 unspecified atom stereocenters. The van der Waals surface area contributed by atoms with E-state index in [2.05, 4.69) is 395 Å². The summed E-state index contributed by atoms with van der Waals surface area (Å²) in [6.07, 6.45) is 0. The highest BCUT2D eigenvalue weighted by Crippen LogP contribution is 2.38. The molecule has 0 fully saturated rings. The lowest BCUT2D eigenvalue weighted by atomic mass is 9.99. The van der Waals surface area contributed by atoms with Gasteiger partial charge in [0.2, 0.25) is 0 Å². The molecule has 0 aliphatic carbocycles.